The highest BCUT2D eigenvalue weighted by Crippen LogP contribution is 2.22. The smallest absolute Gasteiger partial charge is 0.225 e. The third kappa shape index (κ3) is 4.49. The maximum absolute atomic E-state index is 12.6. The molecule has 1 amide bonds. The number of hydrogen-bond acceptors (Lipinski definition) is 5. The molecule has 3 aromatic rings. The van der Waals surface area contributed by atoms with Crippen molar-refractivity contribution in [2.75, 3.05) is 18.0 Å². The average Bonchev–Trinajstić information content (AvgIpc) is 3.28. The van der Waals surface area contributed by atoms with Crippen LogP contribution in [0.15, 0.2) is 55.1 Å². The van der Waals surface area contributed by atoms with E-state index in [9.17, 15) is 4.79 Å². The molecule has 1 atom stereocenters. The van der Waals surface area contributed by atoms with Gasteiger partial charge < -0.3 is 10.2 Å². The van der Waals surface area contributed by atoms with Gasteiger partial charge in [-0.25, -0.2) is 4.98 Å². The third-order valence-electron chi connectivity index (χ3n) is 4.90. The SMILES string of the molecule is O=C(NCc1ccc(I)cc1)C1CCCN(c2ccc(-n3ccnc3)nn2)C1. The molecule has 7 nitrogen and oxygen atoms in total. The van der Waals surface area contributed by atoms with Gasteiger partial charge in [0.15, 0.2) is 11.6 Å². The molecule has 0 aliphatic carbocycles. The molecule has 0 spiro atoms. The number of nitrogens with one attached hydrogen (secondary N) is 1. The van der Waals surface area contributed by atoms with Gasteiger partial charge in [0.2, 0.25) is 5.91 Å². The number of carbonyl (C=O) groups excluding carboxylic acids is 1. The summed E-state index contributed by atoms with van der Waals surface area (Å²) in [5.74, 6) is 1.60. The number of benzene rings is 1. The molecule has 1 aliphatic heterocycles. The van der Waals surface area contributed by atoms with Crippen LogP contribution in [-0.2, 0) is 11.3 Å². The Balaban J connectivity index is 1.35. The number of halogens is 1. The van der Waals surface area contributed by atoms with E-state index in [-0.39, 0.29) is 11.8 Å². The minimum Gasteiger partial charge on any atom is -0.354 e. The van der Waals surface area contributed by atoms with E-state index in [1.165, 1.54) is 3.57 Å². The van der Waals surface area contributed by atoms with Crippen molar-refractivity contribution in [2.45, 2.75) is 19.4 Å². The molecule has 4 rings (SSSR count). The van der Waals surface area contributed by atoms with Crippen LogP contribution in [0.2, 0.25) is 0 Å². The standard InChI is InChI=1S/C20H21IN6O/c21-17-5-3-15(4-6-17)12-23-20(28)16-2-1-10-26(13-16)18-7-8-19(25-24-18)27-11-9-22-14-27/h3-9,11,14,16H,1-2,10,12-13H2,(H,23,28). The number of hydrogen-bond donors (Lipinski definition) is 1. The lowest BCUT2D eigenvalue weighted by atomic mass is 9.97. The van der Waals surface area contributed by atoms with E-state index in [1.807, 2.05) is 35.0 Å². The fraction of sp³-hybridized carbons (Fsp3) is 0.300. The summed E-state index contributed by atoms with van der Waals surface area (Å²) in [7, 11) is 0. The van der Waals surface area contributed by atoms with Crippen LogP contribution < -0.4 is 10.2 Å². The van der Waals surface area contributed by atoms with Gasteiger partial charge in [0.25, 0.3) is 0 Å². The number of amides is 1. The number of aromatic nitrogens is 4. The van der Waals surface area contributed by atoms with Gasteiger partial charge in [-0.3, -0.25) is 9.36 Å². The Kier molecular flexibility index (Phi) is 5.84. The molecule has 0 radical (unpaired) electrons. The molecule has 3 heterocycles. The topological polar surface area (TPSA) is 75.9 Å². The number of piperidine rings is 1. The molecule has 1 N–H and O–H groups in total. The van der Waals surface area contributed by atoms with E-state index in [4.69, 9.17) is 0 Å². The first-order valence-corrected chi connectivity index (χ1v) is 10.4. The van der Waals surface area contributed by atoms with Crippen LogP contribution in [0.25, 0.3) is 5.82 Å². The van der Waals surface area contributed by atoms with Gasteiger partial charge >= 0.3 is 0 Å². The summed E-state index contributed by atoms with van der Waals surface area (Å²) < 4.78 is 3.00. The van der Waals surface area contributed by atoms with Crippen molar-refractivity contribution in [2.24, 2.45) is 5.92 Å². The summed E-state index contributed by atoms with van der Waals surface area (Å²) in [4.78, 5) is 18.8. The van der Waals surface area contributed by atoms with Crippen molar-refractivity contribution in [3.8, 4) is 5.82 Å². The van der Waals surface area contributed by atoms with Gasteiger partial charge in [-0.2, -0.15) is 0 Å². The number of anilines is 1. The molecule has 1 saturated heterocycles. The maximum Gasteiger partial charge on any atom is 0.225 e. The monoisotopic (exact) mass is 488 g/mol. The highest BCUT2D eigenvalue weighted by molar-refractivity contribution is 14.1. The van der Waals surface area contributed by atoms with E-state index in [0.29, 0.717) is 13.1 Å². The Morgan fingerprint density at radius 2 is 1.93 bits per heavy atom. The summed E-state index contributed by atoms with van der Waals surface area (Å²) in [6.45, 7) is 2.11. The largest absolute Gasteiger partial charge is 0.354 e. The summed E-state index contributed by atoms with van der Waals surface area (Å²) in [5, 5.41) is 11.7. The zero-order valence-corrected chi connectivity index (χ0v) is 17.5. The zero-order valence-electron chi connectivity index (χ0n) is 15.3. The molecule has 1 aromatic carbocycles. The fourth-order valence-corrected chi connectivity index (χ4v) is 3.71. The molecule has 1 aliphatic rings. The minimum atomic E-state index is -0.0345. The van der Waals surface area contributed by atoms with E-state index in [2.05, 4.69) is 60.1 Å². The molecule has 144 valence electrons. The van der Waals surface area contributed by atoms with Crippen LogP contribution >= 0.6 is 22.6 Å². The maximum atomic E-state index is 12.6. The first-order valence-electron chi connectivity index (χ1n) is 9.28. The van der Waals surface area contributed by atoms with Crippen molar-refractivity contribution in [3.05, 3.63) is 64.3 Å². The van der Waals surface area contributed by atoms with Crippen molar-refractivity contribution in [1.29, 1.82) is 0 Å². The Morgan fingerprint density at radius 3 is 2.64 bits per heavy atom. The molecular formula is C20H21IN6O. The van der Waals surface area contributed by atoms with Crippen LogP contribution in [0.5, 0.6) is 0 Å². The molecule has 0 saturated carbocycles. The molecule has 1 unspecified atom stereocenters. The first kappa shape index (κ1) is 18.9. The molecule has 0 bridgehead atoms. The Morgan fingerprint density at radius 1 is 1.14 bits per heavy atom. The second kappa shape index (κ2) is 8.68. The highest BCUT2D eigenvalue weighted by atomic mass is 127. The second-order valence-electron chi connectivity index (χ2n) is 6.85. The van der Waals surface area contributed by atoms with Crippen LogP contribution in [0, 0.1) is 9.49 Å². The molecule has 1 fully saturated rings. The number of carbonyl (C=O) groups is 1. The quantitative estimate of drug-likeness (QED) is 0.560. The van der Waals surface area contributed by atoms with Crippen molar-refractivity contribution in [1.82, 2.24) is 25.1 Å². The summed E-state index contributed by atoms with van der Waals surface area (Å²) in [5.41, 5.74) is 1.11. The lowest BCUT2D eigenvalue weighted by molar-refractivity contribution is -0.125. The Bertz CT molecular complexity index is 911. The van der Waals surface area contributed by atoms with E-state index < -0.39 is 0 Å². The first-order chi connectivity index (χ1) is 13.7. The highest BCUT2D eigenvalue weighted by Gasteiger charge is 2.26. The number of imidazole rings is 1. The fourth-order valence-electron chi connectivity index (χ4n) is 3.35. The summed E-state index contributed by atoms with van der Waals surface area (Å²) >= 11 is 2.28. The van der Waals surface area contributed by atoms with Crippen LogP contribution in [0.4, 0.5) is 5.82 Å². The van der Waals surface area contributed by atoms with Crippen LogP contribution in [-0.4, -0.2) is 38.7 Å². The van der Waals surface area contributed by atoms with Crippen molar-refractivity contribution >= 4 is 34.3 Å². The van der Waals surface area contributed by atoms with Gasteiger partial charge in [0.1, 0.15) is 6.33 Å². The lowest BCUT2D eigenvalue weighted by Crippen LogP contribution is -2.43. The van der Waals surface area contributed by atoms with E-state index in [0.717, 1.165) is 36.6 Å². The normalized spacial score (nSPS) is 16.8. The van der Waals surface area contributed by atoms with Gasteiger partial charge in [-0.1, -0.05) is 12.1 Å². The molecule has 8 heteroatoms. The average molecular weight is 488 g/mol. The van der Waals surface area contributed by atoms with E-state index >= 15 is 0 Å². The van der Waals surface area contributed by atoms with Crippen LogP contribution in [0.1, 0.15) is 18.4 Å². The number of nitrogens with zero attached hydrogens (tertiary/aromatic N) is 5. The van der Waals surface area contributed by atoms with E-state index in [1.54, 1.807) is 12.5 Å². The van der Waals surface area contributed by atoms with Gasteiger partial charge in [-0.05, 0) is 65.3 Å². The molecule has 28 heavy (non-hydrogen) atoms. The van der Waals surface area contributed by atoms with Crippen molar-refractivity contribution < 1.29 is 4.79 Å². The second-order valence-corrected chi connectivity index (χ2v) is 8.09. The van der Waals surface area contributed by atoms with Gasteiger partial charge in [0, 0.05) is 35.6 Å². The van der Waals surface area contributed by atoms with Gasteiger partial charge in [-0.15, -0.1) is 10.2 Å². The predicted molar refractivity (Wildman–Crippen MR) is 115 cm³/mol. The Hall–Kier alpha value is -2.49. The number of rotatable bonds is 5. The Labute approximate surface area is 177 Å². The van der Waals surface area contributed by atoms with Crippen molar-refractivity contribution in [3.63, 3.8) is 0 Å². The minimum absolute atomic E-state index is 0.0345. The lowest BCUT2D eigenvalue weighted by Gasteiger charge is -2.32. The third-order valence-corrected chi connectivity index (χ3v) is 5.62. The predicted octanol–water partition coefficient (Wildman–Crippen LogP) is 2.80. The molecular weight excluding hydrogens is 467 g/mol. The molecule has 2 aromatic heterocycles. The summed E-state index contributed by atoms with van der Waals surface area (Å²) in [6, 6.07) is 12.1. The zero-order chi connectivity index (χ0) is 19.3. The summed E-state index contributed by atoms with van der Waals surface area (Å²) in [6.07, 6.45) is 7.10. The van der Waals surface area contributed by atoms with Crippen LogP contribution in [0.3, 0.4) is 0 Å². The van der Waals surface area contributed by atoms with Gasteiger partial charge in [0.05, 0.1) is 5.92 Å².